The quantitative estimate of drug-likeness (QED) is 0.136. The van der Waals surface area contributed by atoms with Crippen LogP contribution in [-0.4, -0.2) is 17.4 Å². The SMILES string of the molecule is CCCCCCCCCCCCCCCCCCCC(=O)NCCc1c[nH]c2ccc(CC3CCCC3)cc12. The molecule has 0 bridgehead atoms. The molecule has 2 aromatic rings. The van der Waals surface area contributed by atoms with Gasteiger partial charge in [0.2, 0.25) is 5.91 Å². The molecule has 1 heterocycles. The summed E-state index contributed by atoms with van der Waals surface area (Å²) in [5.74, 6) is 1.09. The highest BCUT2D eigenvalue weighted by Crippen LogP contribution is 2.29. The van der Waals surface area contributed by atoms with Gasteiger partial charge in [-0.2, -0.15) is 0 Å². The Morgan fingerprint density at radius 3 is 1.95 bits per heavy atom. The second kappa shape index (κ2) is 20.2. The minimum absolute atomic E-state index is 0.220. The van der Waals surface area contributed by atoms with Gasteiger partial charge in [0.25, 0.3) is 0 Å². The van der Waals surface area contributed by atoms with Gasteiger partial charge in [0.05, 0.1) is 0 Å². The number of aromatic nitrogens is 1. The van der Waals surface area contributed by atoms with E-state index in [1.807, 2.05) is 0 Å². The van der Waals surface area contributed by atoms with Crippen LogP contribution >= 0.6 is 0 Å². The van der Waals surface area contributed by atoms with Crippen molar-refractivity contribution < 1.29 is 4.79 Å². The maximum atomic E-state index is 12.3. The molecular weight excluding hydrogens is 476 g/mol. The lowest BCUT2D eigenvalue weighted by atomic mass is 9.96. The van der Waals surface area contributed by atoms with Crippen LogP contribution in [0.15, 0.2) is 24.4 Å². The van der Waals surface area contributed by atoms with E-state index in [4.69, 9.17) is 0 Å². The van der Waals surface area contributed by atoms with Crippen molar-refractivity contribution in [3.8, 4) is 0 Å². The Morgan fingerprint density at radius 2 is 1.36 bits per heavy atom. The number of unbranched alkanes of at least 4 members (excludes halogenated alkanes) is 16. The molecule has 39 heavy (non-hydrogen) atoms. The van der Waals surface area contributed by atoms with Crippen LogP contribution in [0.3, 0.4) is 0 Å². The van der Waals surface area contributed by atoms with E-state index in [-0.39, 0.29) is 5.91 Å². The molecular formula is C36H60N2O. The topological polar surface area (TPSA) is 44.9 Å². The predicted molar refractivity (Wildman–Crippen MR) is 169 cm³/mol. The van der Waals surface area contributed by atoms with E-state index in [0.717, 1.165) is 25.3 Å². The summed E-state index contributed by atoms with van der Waals surface area (Å²) >= 11 is 0. The van der Waals surface area contributed by atoms with Gasteiger partial charge in [0.1, 0.15) is 0 Å². The van der Waals surface area contributed by atoms with Crippen molar-refractivity contribution in [3.63, 3.8) is 0 Å². The number of nitrogens with one attached hydrogen (secondary N) is 2. The van der Waals surface area contributed by atoms with Gasteiger partial charge in [-0.05, 0) is 48.4 Å². The molecule has 1 fully saturated rings. The van der Waals surface area contributed by atoms with Gasteiger partial charge >= 0.3 is 0 Å². The third-order valence-electron chi connectivity index (χ3n) is 9.05. The molecule has 0 unspecified atom stereocenters. The highest BCUT2D eigenvalue weighted by atomic mass is 16.1. The average Bonchev–Trinajstić information content (AvgIpc) is 3.60. The van der Waals surface area contributed by atoms with Gasteiger partial charge in [-0.3, -0.25) is 4.79 Å². The van der Waals surface area contributed by atoms with E-state index in [1.165, 1.54) is 157 Å². The van der Waals surface area contributed by atoms with Crippen molar-refractivity contribution in [2.24, 2.45) is 5.92 Å². The molecule has 0 atom stereocenters. The Labute approximate surface area is 240 Å². The monoisotopic (exact) mass is 536 g/mol. The van der Waals surface area contributed by atoms with Gasteiger partial charge in [-0.25, -0.2) is 0 Å². The van der Waals surface area contributed by atoms with Crippen LogP contribution in [0.4, 0.5) is 0 Å². The second-order valence-electron chi connectivity index (χ2n) is 12.6. The third-order valence-corrected chi connectivity index (χ3v) is 9.05. The summed E-state index contributed by atoms with van der Waals surface area (Å²) in [7, 11) is 0. The minimum atomic E-state index is 0.220. The highest BCUT2D eigenvalue weighted by Gasteiger charge is 2.16. The van der Waals surface area contributed by atoms with Crippen molar-refractivity contribution in [3.05, 3.63) is 35.5 Å². The van der Waals surface area contributed by atoms with E-state index in [1.54, 1.807) is 0 Å². The van der Waals surface area contributed by atoms with Crippen LogP contribution < -0.4 is 5.32 Å². The first-order valence-corrected chi connectivity index (χ1v) is 17.1. The number of carbonyl (C=O) groups excluding carboxylic acids is 1. The van der Waals surface area contributed by atoms with E-state index >= 15 is 0 Å². The molecule has 1 aromatic heterocycles. The molecule has 0 spiro atoms. The molecule has 1 saturated carbocycles. The van der Waals surface area contributed by atoms with E-state index < -0.39 is 0 Å². The predicted octanol–water partition coefficient (Wildman–Crippen LogP) is 10.6. The average molecular weight is 537 g/mol. The third kappa shape index (κ3) is 13.4. The standard InChI is InChI=1S/C36H60N2O/c1-2-3-4-5-6-7-8-9-10-11-12-13-14-15-16-17-18-23-36(39)37-27-26-33-30-38-35-25-24-32(29-34(33)35)28-31-21-19-20-22-31/h24-25,29-31,38H,2-23,26-28H2,1H3,(H,37,39). The zero-order chi connectivity index (χ0) is 27.4. The fourth-order valence-electron chi connectivity index (χ4n) is 6.54. The molecule has 1 aliphatic rings. The maximum absolute atomic E-state index is 12.3. The van der Waals surface area contributed by atoms with Gasteiger partial charge in [0.15, 0.2) is 0 Å². The Morgan fingerprint density at radius 1 is 0.795 bits per heavy atom. The Hall–Kier alpha value is -1.77. The molecule has 1 aliphatic carbocycles. The summed E-state index contributed by atoms with van der Waals surface area (Å²) in [6.45, 7) is 3.03. The van der Waals surface area contributed by atoms with Crippen LogP contribution in [0.5, 0.6) is 0 Å². The fourth-order valence-corrected chi connectivity index (χ4v) is 6.54. The summed E-state index contributed by atoms with van der Waals surface area (Å²) in [6, 6.07) is 6.92. The maximum Gasteiger partial charge on any atom is 0.220 e. The van der Waals surface area contributed by atoms with Gasteiger partial charge in [0, 0.05) is 30.1 Å². The van der Waals surface area contributed by atoms with E-state index in [9.17, 15) is 4.79 Å². The molecule has 3 heteroatoms. The lowest BCUT2D eigenvalue weighted by Gasteiger charge is -2.09. The van der Waals surface area contributed by atoms with Crippen LogP contribution in [0.2, 0.25) is 0 Å². The molecule has 1 amide bonds. The number of hydrogen-bond donors (Lipinski definition) is 2. The molecule has 2 N–H and O–H groups in total. The molecule has 0 saturated heterocycles. The van der Waals surface area contributed by atoms with Crippen molar-refractivity contribution in [1.29, 1.82) is 0 Å². The first-order chi connectivity index (χ1) is 19.3. The highest BCUT2D eigenvalue weighted by molar-refractivity contribution is 5.84. The first-order valence-electron chi connectivity index (χ1n) is 17.1. The summed E-state index contributed by atoms with van der Waals surface area (Å²) in [6.07, 6.45) is 33.9. The van der Waals surface area contributed by atoms with Crippen molar-refractivity contribution in [2.45, 2.75) is 161 Å². The molecule has 0 radical (unpaired) electrons. The number of carbonyl (C=O) groups is 1. The number of fused-ring (bicyclic) bond motifs is 1. The van der Waals surface area contributed by atoms with Gasteiger partial charge in [-0.15, -0.1) is 0 Å². The summed E-state index contributed by atoms with van der Waals surface area (Å²) in [5, 5.41) is 4.50. The number of benzene rings is 1. The Bertz CT molecular complexity index is 895. The summed E-state index contributed by atoms with van der Waals surface area (Å²) < 4.78 is 0. The smallest absolute Gasteiger partial charge is 0.220 e. The number of rotatable bonds is 23. The van der Waals surface area contributed by atoms with E-state index in [0.29, 0.717) is 6.42 Å². The molecule has 0 aliphatic heterocycles. The molecule has 220 valence electrons. The van der Waals surface area contributed by atoms with E-state index in [2.05, 4.69) is 41.6 Å². The number of aromatic amines is 1. The van der Waals surface area contributed by atoms with Gasteiger partial charge < -0.3 is 10.3 Å². The normalized spacial score (nSPS) is 14.0. The molecule has 3 rings (SSSR count). The number of hydrogen-bond acceptors (Lipinski definition) is 1. The van der Waals surface area contributed by atoms with Crippen molar-refractivity contribution in [1.82, 2.24) is 10.3 Å². The largest absolute Gasteiger partial charge is 0.361 e. The molecule has 3 nitrogen and oxygen atoms in total. The fraction of sp³-hybridized carbons (Fsp3) is 0.750. The zero-order valence-electron chi connectivity index (χ0n) is 25.5. The summed E-state index contributed by atoms with van der Waals surface area (Å²) in [4.78, 5) is 15.7. The minimum Gasteiger partial charge on any atom is -0.361 e. The van der Waals surface area contributed by atoms with Crippen molar-refractivity contribution >= 4 is 16.8 Å². The number of amides is 1. The zero-order valence-corrected chi connectivity index (χ0v) is 25.5. The number of H-pyrrole nitrogens is 1. The Kier molecular flexibility index (Phi) is 16.4. The lowest BCUT2D eigenvalue weighted by molar-refractivity contribution is -0.121. The Balaban J connectivity index is 1.12. The molecule has 1 aromatic carbocycles. The lowest BCUT2D eigenvalue weighted by Crippen LogP contribution is -2.25. The second-order valence-corrected chi connectivity index (χ2v) is 12.6. The van der Waals surface area contributed by atoms with Gasteiger partial charge in [-0.1, -0.05) is 141 Å². The van der Waals surface area contributed by atoms with Crippen LogP contribution in [0.25, 0.3) is 10.9 Å². The van der Waals surface area contributed by atoms with Crippen LogP contribution in [0, 0.1) is 5.92 Å². The van der Waals surface area contributed by atoms with Crippen molar-refractivity contribution in [2.75, 3.05) is 6.54 Å². The first kappa shape index (κ1) is 31.8. The van der Waals surface area contributed by atoms with Crippen LogP contribution in [-0.2, 0) is 17.6 Å². The summed E-state index contributed by atoms with van der Waals surface area (Å²) in [5.41, 5.74) is 4.02. The van der Waals surface area contributed by atoms with Crippen LogP contribution in [0.1, 0.15) is 159 Å².